The van der Waals surface area contributed by atoms with Crippen molar-refractivity contribution in [3.8, 4) is 11.5 Å². The largest absolute Gasteiger partial charge is 0.493 e. The minimum Gasteiger partial charge on any atom is -0.493 e. The maximum atomic E-state index is 5.41. The molecule has 2 aromatic rings. The fourth-order valence-electron chi connectivity index (χ4n) is 3.18. The number of ether oxygens (including phenoxy) is 2. The number of aryl methyl sites for hydroxylation is 1. The van der Waals surface area contributed by atoms with E-state index in [1.165, 1.54) is 31.5 Å². The van der Waals surface area contributed by atoms with E-state index in [0.29, 0.717) is 0 Å². The Kier molecular flexibility index (Phi) is 5.85. The van der Waals surface area contributed by atoms with Crippen LogP contribution in [-0.2, 0) is 6.42 Å². The fourth-order valence-corrected chi connectivity index (χ4v) is 4.28. The maximum Gasteiger partial charge on any atom is 0.162 e. The van der Waals surface area contributed by atoms with Gasteiger partial charge in [-0.3, -0.25) is 0 Å². The number of hydrogen-bond donors (Lipinski definition) is 0. The second kappa shape index (κ2) is 8.08. The van der Waals surface area contributed by atoms with Crippen LogP contribution in [0.1, 0.15) is 25.3 Å². The van der Waals surface area contributed by atoms with E-state index in [4.69, 9.17) is 14.5 Å². The van der Waals surface area contributed by atoms with Gasteiger partial charge in [0.05, 0.1) is 24.8 Å². The Morgan fingerprint density at radius 2 is 1.79 bits per heavy atom. The Labute approximate surface area is 148 Å². The molecule has 0 amide bonds. The fraction of sp³-hybridized carbons (Fsp3) is 0.526. The van der Waals surface area contributed by atoms with Gasteiger partial charge in [-0.2, -0.15) is 0 Å². The highest BCUT2D eigenvalue weighted by atomic mass is 32.2. The number of nitrogens with zero attached hydrogens (tertiary/aromatic N) is 2. The topological polar surface area (TPSA) is 34.6 Å². The zero-order chi connectivity index (χ0) is 16.9. The summed E-state index contributed by atoms with van der Waals surface area (Å²) in [6.45, 7) is 5.85. The first-order valence-electron chi connectivity index (χ1n) is 8.66. The summed E-state index contributed by atoms with van der Waals surface area (Å²) in [6, 6.07) is 6.22. The summed E-state index contributed by atoms with van der Waals surface area (Å²) < 4.78 is 10.8. The van der Waals surface area contributed by atoms with Gasteiger partial charge >= 0.3 is 0 Å². The van der Waals surface area contributed by atoms with Crippen LogP contribution >= 0.6 is 11.8 Å². The van der Waals surface area contributed by atoms with Crippen molar-refractivity contribution < 1.29 is 9.47 Å². The lowest BCUT2D eigenvalue weighted by atomic mass is 10.1. The second-order valence-electron chi connectivity index (χ2n) is 6.10. The van der Waals surface area contributed by atoms with Crippen LogP contribution < -0.4 is 9.47 Å². The van der Waals surface area contributed by atoms with Gasteiger partial charge in [-0.25, -0.2) is 4.98 Å². The molecule has 3 rings (SSSR count). The molecule has 0 atom stereocenters. The maximum absolute atomic E-state index is 5.41. The molecule has 1 aromatic heterocycles. The van der Waals surface area contributed by atoms with Gasteiger partial charge in [0.15, 0.2) is 11.5 Å². The minimum absolute atomic E-state index is 0.731. The number of thioether (sulfide) groups is 1. The van der Waals surface area contributed by atoms with Crippen LogP contribution in [0.4, 0.5) is 0 Å². The van der Waals surface area contributed by atoms with Crippen molar-refractivity contribution in [2.24, 2.45) is 0 Å². The molecule has 0 spiro atoms. The highest BCUT2D eigenvalue weighted by Gasteiger charge is 2.13. The first-order valence-corrected chi connectivity index (χ1v) is 9.64. The van der Waals surface area contributed by atoms with Gasteiger partial charge < -0.3 is 14.4 Å². The molecule has 2 heterocycles. The summed E-state index contributed by atoms with van der Waals surface area (Å²) >= 11 is 1.87. The minimum atomic E-state index is 0.731. The molecule has 0 aliphatic carbocycles. The standard InChI is InChI=1S/C19H26N2O2S/c1-4-14-11-15-12-17(22-2)18(23-3)13-16(15)20-19(14)24-10-9-21-7-5-6-8-21/h11-13H,4-10H2,1-3H3. The molecular formula is C19H26N2O2S. The van der Waals surface area contributed by atoms with E-state index in [9.17, 15) is 0 Å². The van der Waals surface area contributed by atoms with E-state index in [1.807, 2.05) is 23.9 Å². The summed E-state index contributed by atoms with van der Waals surface area (Å²) in [5.74, 6) is 2.58. The second-order valence-corrected chi connectivity index (χ2v) is 7.19. The molecular weight excluding hydrogens is 320 g/mol. The molecule has 1 fully saturated rings. The zero-order valence-corrected chi connectivity index (χ0v) is 15.6. The molecule has 130 valence electrons. The van der Waals surface area contributed by atoms with Gasteiger partial charge in [0.25, 0.3) is 0 Å². The molecule has 0 unspecified atom stereocenters. The van der Waals surface area contributed by atoms with E-state index in [2.05, 4.69) is 17.9 Å². The summed E-state index contributed by atoms with van der Waals surface area (Å²) in [6.07, 6.45) is 3.69. The lowest BCUT2D eigenvalue weighted by Gasteiger charge is -2.15. The van der Waals surface area contributed by atoms with Gasteiger partial charge in [-0.1, -0.05) is 6.92 Å². The number of likely N-dealkylation sites (tertiary alicyclic amines) is 1. The van der Waals surface area contributed by atoms with Crippen LogP contribution in [0.5, 0.6) is 11.5 Å². The van der Waals surface area contributed by atoms with Gasteiger partial charge in [-0.15, -0.1) is 11.8 Å². The first kappa shape index (κ1) is 17.4. The van der Waals surface area contributed by atoms with Gasteiger partial charge in [0.1, 0.15) is 0 Å². The normalized spacial score (nSPS) is 15.1. The third-order valence-corrected chi connectivity index (χ3v) is 5.60. The van der Waals surface area contributed by atoms with Crippen molar-refractivity contribution in [3.05, 3.63) is 23.8 Å². The number of aromatic nitrogens is 1. The lowest BCUT2D eigenvalue weighted by molar-refractivity contribution is 0.355. The monoisotopic (exact) mass is 346 g/mol. The molecule has 0 bridgehead atoms. The quantitative estimate of drug-likeness (QED) is 0.708. The Hall–Kier alpha value is -1.46. The molecule has 1 aliphatic rings. The Morgan fingerprint density at radius 1 is 1.08 bits per heavy atom. The van der Waals surface area contributed by atoms with Crippen molar-refractivity contribution in [3.63, 3.8) is 0 Å². The van der Waals surface area contributed by atoms with Crippen molar-refractivity contribution in [2.45, 2.75) is 31.2 Å². The van der Waals surface area contributed by atoms with E-state index in [-0.39, 0.29) is 0 Å². The highest BCUT2D eigenvalue weighted by Crippen LogP contribution is 2.34. The van der Waals surface area contributed by atoms with Crippen LogP contribution in [0.2, 0.25) is 0 Å². The van der Waals surface area contributed by atoms with Gasteiger partial charge in [0, 0.05) is 23.8 Å². The van der Waals surface area contributed by atoms with Crippen LogP contribution in [0, 0.1) is 0 Å². The molecule has 1 saturated heterocycles. The number of fused-ring (bicyclic) bond motifs is 1. The van der Waals surface area contributed by atoms with E-state index >= 15 is 0 Å². The van der Waals surface area contributed by atoms with Crippen LogP contribution in [0.25, 0.3) is 10.9 Å². The van der Waals surface area contributed by atoms with E-state index < -0.39 is 0 Å². The smallest absolute Gasteiger partial charge is 0.162 e. The molecule has 24 heavy (non-hydrogen) atoms. The Balaban J connectivity index is 1.83. The number of pyridine rings is 1. The SMILES string of the molecule is CCc1cc2cc(OC)c(OC)cc2nc1SCCN1CCCC1. The van der Waals surface area contributed by atoms with Crippen molar-refractivity contribution >= 4 is 22.7 Å². The number of rotatable bonds is 7. The van der Waals surface area contributed by atoms with Crippen LogP contribution in [-0.4, -0.2) is 49.5 Å². The summed E-state index contributed by atoms with van der Waals surface area (Å²) in [4.78, 5) is 7.45. The number of methoxy groups -OCH3 is 2. The number of hydrogen-bond acceptors (Lipinski definition) is 5. The van der Waals surface area contributed by atoms with Gasteiger partial charge in [0.2, 0.25) is 0 Å². The summed E-state index contributed by atoms with van der Waals surface area (Å²) in [7, 11) is 3.33. The third-order valence-electron chi connectivity index (χ3n) is 4.59. The third kappa shape index (κ3) is 3.78. The zero-order valence-electron chi connectivity index (χ0n) is 14.8. The molecule has 1 aliphatic heterocycles. The lowest BCUT2D eigenvalue weighted by Crippen LogP contribution is -2.21. The molecule has 1 aromatic carbocycles. The van der Waals surface area contributed by atoms with E-state index in [1.54, 1.807) is 14.2 Å². The van der Waals surface area contributed by atoms with Crippen LogP contribution in [0.15, 0.2) is 23.2 Å². The molecule has 0 N–H and O–H groups in total. The predicted molar refractivity (Wildman–Crippen MR) is 101 cm³/mol. The predicted octanol–water partition coefficient (Wildman–Crippen LogP) is 4.00. The average Bonchev–Trinajstić information content (AvgIpc) is 3.13. The van der Waals surface area contributed by atoms with Crippen molar-refractivity contribution in [2.75, 3.05) is 39.6 Å². The van der Waals surface area contributed by atoms with Gasteiger partial charge in [-0.05, 0) is 50.0 Å². The highest BCUT2D eigenvalue weighted by molar-refractivity contribution is 7.99. The van der Waals surface area contributed by atoms with Crippen LogP contribution in [0.3, 0.4) is 0 Å². The molecule has 4 nitrogen and oxygen atoms in total. The summed E-state index contributed by atoms with van der Waals surface area (Å²) in [5.41, 5.74) is 2.27. The average molecular weight is 346 g/mol. The van der Waals surface area contributed by atoms with Crippen molar-refractivity contribution in [1.82, 2.24) is 9.88 Å². The molecule has 5 heteroatoms. The van der Waals surface area contributed by atoms with E-state index in [0.717, 1.165) is 46.1 Å². The number of benzene rings is 1. The van der Waals surface area contributed by atoms with Crippen molar-refractivity contribution in [1.29, 1.82) is 0 Å². The first-order chi connectivity index (χ1) is 11.7. The summed E-state index contributed by atoms with van der Waals surface area (Å²) in [5, 5.41) is 2.25. The molecule has 0 saturated carbocycles. The Morgan fingerprint density at radius 3 is 2.46 bits per heavy atom. The Bertz CT molecular complexity index is 699. The molecule has 0 radical (unpaired) electrons.